The van der Waals surface area contributed by atoms with Gasteiger partial charge in [-0.2, -0.15) is 0 Å². The van der Waals surface area contributed by atoms with Gasteiger partial charge in [0.2, 0.25) is 0 Å². The molecule has 0 spiro atoms. The van der Waals surface area contributed by atoms with E-state index in [-0.39, 0.29) is 0 Å². The summed E-state index contributed by atoms with van der Waals surface area (Å²) in [6.45, 7) is 4.82. The van der Waals surface area contributed by atoms with Gasteiger partial charge in [-0.25, -0.2) is 4.98 Å². The zero-order valence-corrected chi connectivity index (χ0v) is 13.5. The van der Waals surface area contributed by atoms with Gasteiger partial charge in [0.1, 0.15) is 5.82 Å². The summed E-state index contributed by atoms with van der Waals surface area (Å²) in [5.74, 6) is 1.41. The van der Waals surface area contributed by atoms with Crippen molar-refractivity contribution in [2.24, 2.45) is 0 Å². The van der Waals surface area contributed by atoms with E-state index in [2.05, 4.69) is 28.9 Å². The monoisotopic (exact) mass is 308 g/mol. The molecule has 2 nitrogen and oxygen atoms in total. The first kappa shape index (κ1) is 15.1. The number of hydrogen-bond acceptors (Lipinski definition) is 2. The van der Waals surface area contributed by atoms with Crippen molar-refractivity contribution in [1.82, 2.24) is 4.98 Å². The topological polar surface area (TPSA) is 16.1 Å². The Balaban J connectivity index is 2.31. The molecule has 0 amide bonds. The van der Waals surface area contributed by atoms with E-state index in [0.29, 0.717) is 5.88 Å². The van der Waals surface area contributed by atoms with E-state index in [1.807, 2.05) is 32.2 Å². The Kier molecular flexibility index (Phi) is 4.90. The molecule has 0 aliphatic heterocycles. The van der Waals surface area contributed by atoms with Gasteiger partial charge in [-0.05, 0) is 43.2 Å². The minimum atomic E-state index is 0.467. The van der Waals surface area contributed by atoms with Crippen molar-refractivity contribution >= 4 is 29.0 Å². The third-order valence-electron chi connectivity index (χ3n) is 3.26. The molecule has 2 rings (SSSR count). The molecule has 0 atom stereocenters. The van der Waals surface area contributed by atoms with Crippen LogP contribution in [0.2, 0.25) is 5.02 Å². The number of nitrogens with zero attached hydrogens (tertiary/aromatic N) is 2. The number of alkyl halides is 1. The van der Waals surface area contributed by atoms with Crippen molar-refractivity contribution < 1.29 is 0 Å². The first-order chi connectivity index (χ1) is 9.51. The Bertz CT molecular complexity index is 611. The molecule has 2 aromatic rings. The molecule has 0 aliphatic rings. The lowest BCUT2D eigenvalue weighted by molar-refractivity contribution is 0.879. The highest BCUT2D eigenvalue weighted by Gasteiger charge is 2.12. The van der Waals surface area contributed by atoms with Crippen LogP contribution >= 0.6 is 23.2 Å². The van der Waals surface area contributed by atoms with Crippen LogP contribution in [0.25, 0.3) is 0 Å². The summed E-state index contributed by atoms with van der Waals surface area (Å²) < 4.78 is 0. The molecule has 0 saturated heterocycles. The van der Waals surface area contributed by atoms with E-state index in [1.54, 1.807) is 0 Å². The molecule has 0 radical (unpaired) electrons. The Morgan fingerprint density at radius 3 is 2.60 bits per heavy atom. The Hall–Kier alpha value is -1.25. The molecule has 4 heteroatoms. The average molecular weight is 309 g/mol. The van der Waals surface area contributed by atoms with E-state index in [1.165, 1.54) is 5.56 Å². The van der Waals surface area contributed by atoms with E-state index >= 15 is 0 Å². The summed E-state index contributed by atoms with van der Waals surface area (Å²) in [4.78, 5) is 6.75. The summed E-state index contributed by atoms with van der Waals surface area (Å²) in [5.41, 5.74) is 4.42. The van der Waals surface area contributed by atoms with Crippen molar-refractivity contribution in [2.45, 2.75) is 26.3 Å². The van der Waals surface area contributed by atoms with Crippen LogP contribution in [-0.2, 0) is 12.4 Å². The zero-order valence-electron chi connectivity index (χ0n) is 12.0. The highest BCUT2D eigenvalue weighted by Crippen LogP contribution is 2.25. The summed E-state index contributed by atoms with van der Waals surface area (Å²) in [6.07, 6.45) is 0. The largest absolute Gasteiger partial charge is 0.355 e. The van der Waals surface area contributed by atoms with Crippen LogP contribution in [0.4, 0.5) is 5.82 Å². The minimum absolute atomic E-state index is 0.467. The fraction of sp³-hybridized carbons (Fsp3) is 0.312. The Morgan fingerprint density at radius 2 is 1.95 bits per heavy atom. The lowest BCUT2D eigenvalue weighted by Gasteiger charge is -2.22. The fourth-order valence-electron chi connectivity index (χ4n) is 2.31. The molecule has 0 saturated carbocycles. The molecule has 1 heterocycles. The van der Waals surface area contributed by atoms with Gasteiger partial charge < -0.3 is 4.90 Å². The maximum Gasteiger partial charge on any atom is 0.133 e. The second-order valence-electron chi connectivity index (χ2n) is 5.00. The van der Waals surface area contributed by atoms with Crippen LogP contribution in [0, 0.1) is 13.8 Å². The van der Waals surface area contributed by atoms with Crippen LogP contribution in [0.15, 0.2) is 30.3 Å². The third-order valence-corrected chi connectivity index (χ3v) is 3.76. The molecule has 0 unspecified atom stereocenters. The second-order valence-corrected chi connectivity index (χ2v) is 5.71. The van der Waals surface area contributed by atoms with Crippen molar-refractivity contribution in [1.29, 1.82) is 0 Å². The maximum absolute atomic E-state index is 6.07. The van der Waals surface area contributed by atoms with E-state index in [9.17, 15) is 0 Å². The van der Waals surface area contributed by atoms with Crippen LogP contribution in [-0.4, -0.2) is 12.0 Å². The fourth-order valence-corrected chi connectivity index (χ4v) is 2.85. The minimum Gasteiger partial charge on any atom is -0.355 e. The molecule has 0 aliphatic carbocycles. The smallest absolute Gasteiger partial charge is 0.133 e. The first-order valence-corrected chi connectivity index (χ1v) is 7.41. The van der Waals surface area contributed by atoms with Gasteiger partial charge in [-0.3, -0.25) is 0 Å². The van der Waals surface area contributed by atoms with E-state index in [4.69, 9.17) is 23.2 Å². The van der Waals surface area contributed by atoms with Crippen molar-refractivity contribution in [2.75, 3.05) is 11.9 Å². The second kappa shape index (κ2) is 6.47. The number of anilines is 1. The molecular weight excluding hydrogens is 291 g/mol. The highest BCUT2D eigenvalue weighted by atomic mass is 35.5. The Morgan fingerprint density at radius 1 is 1.20 bits per heavy atom. The van der Waals surface area contributed by atoms with Crippen molar-refractivity contribution in [3.8, 4) is 0 Å². The van der Waals surface area contributed by atoms with Crippen molar-refractivity contribution in [3.63, 3.8) is 0 Å². The third kappa shape index (κ3) is 3.44. The molecule has 0 bridgehead atoms. The van der Waals surface area contributed by atoms with E-state index < -0.39 is 0 Å². The molecule has 1 aromatic heterocycles. The SMILES string of the molecule is Cc1cc(C)c(CCl)c(N(C)Cc2cccc(Cl)c2)n1. The average Bonchev–Trinajstić information content (AvgIpc) is 2.37. The van der Waals surface area contributed by atoms with Gasteiger partial charge in [-0.15, -0.1) is 11.6 Å². The molecule has 0 fully saturated rings. The highest BCUT2D eigenvalue weighted by molar-refractivity contribution is 6.30. The summed E-state index contributed by atoms with van der Waals surface area (Å²) >= 11 is 12.1. The number of hydrogen-bond donors (Lipinski definition) is 0. The predicted molar refractivity (Wildman–Crippen MR) is 86.8 cm³/mol. The van der Waals surface area contributed by atoms with Crippen LogP contribution in [0.3, 0.4) is 0 Å². The summed E-state index contributed by atoms with van der Waals surface area (Å²) in [5, 5.41) is 0.752. The lowest BCUT2D eigenvalue weighted by Crippen LogP contribution is -2.20. The van der Waals surface area contributed by atoms with Crippen LogP contribution < -0.4 is 4.90 Å². The molecule has 106 valence electrons. The van der Waals surface area contributed by atoms with Gasteiger partial charge in [0.15, 0.2) is 0 Å². The maximum atomic E-state index is 6.07. The number of rotatable bonds is 4. The molecular formula is C16H18Cl2N2. The van der Waals surface area contributed by atoms with Gasteiger partial charge in [0.25, 0.3) is 0 Å². The van der Waals surface area contributed by atoms with Gasteiger partial charge in [0.05, 0.1) is 5.88 Å². The lowest BCUT2D eigenvalue weighted by atomic mass is 10.1. The van der Waals surface area contributed by atoms with Crippen LogP contribution in [0.1, 0.15) is 22.4 Å². The van der Waals surface area contributed by atoms with Gasteiger partial charge >= 0.3 is 0 Å². The van der Waals surface area contributed by atoms with Gasteiger partial charge in [0, 0.05) is 29.9 Å². The quantitative estimate of drug-likeness (QED) is 0.759. The number of pyridine rings is 1. The zero-order chi connectivity index (χ0) is 14.7. The molecule has 0 N–H and O–H groups in total. The predicted octanol–water partition coefficient (Wildman–Crippen LogP) is 4.73. The molecule has 1 aromatic carbocycles. The number of aryl methyl sites for hydroxylation is 2. The first-order valence-electron chi connectivity index (χ1n) is 6.50. The molecule has 20 heavy (non-hydrogen) atoms. The van der Waals surface area contributed by atoms with Crippen molar-refractivity contribution in [3.05, 3.63) is 57.7 Å². The standard InChI is InChI=1S/C16H18Cl2N2/c1-11-7-12(2)19-16(15(11)9-17)20(3)10-13-5-4-6-14(18)8-13/h4-8H,9-10H2,1-3H3. The number of aromatic nitrogens is 1. The summed E-state index contributed by atoms with van der Waals surface area (Å²) in [6, 6.07) is 9.94. The van der Waals surface area contributed by atoms with Crippen LogP contribution in [0.5, 0.6) is 0 Å². The number of halogens is 2. The summed E-state index contributed by atoms with van der Waals surface area (Å²) in [7, 11) is 2.03. The van der Waals surface area contributed by atoms with E-state index in [0.717, 1.165) is 34.2 Å². The van der Waals surface area contributed by atoms with Gasteiger partial charge in [-0.1, -0.05) is 23.7 Å². The Labute approximate surface area is 130 Å². The number of benzene rings is 1. The normalized spacial score (nSPS) is 10.7.